The normalized spacial score (nSPS) is 11.0. The maximum Gasteiger partial charge on any atom is 0.131 e. The first-order chi connectivity index (χ1) is 14.0. The topological polar surface area (TPSA) is 52.0 Å². The van der Waals surface area contributed by atoms with Gasteiger partial charge in [-0.15, -0.1) is 12.6 Å². The van der Waals surface area contributed by atoms with E-state index in [9.17, 15) is 4.39 Å². The summed E-state index contributed by atoms with van der Waals surface area (Å²) in [5.74, 6) is 0.965. The highest BCUT2D eigenvalue weighted by Crippen LogP contribution is 2.30. The van der Waals surface area contributed by atoms with Crippen molar-refractivity contribution < 1.29 is 9.13 Å². The molecule has 1 N–H and O–H groups in total. The summed E-state index contributed by atoms with van der Waals surface area (Å²) < 4.78 is 21.4. The predicted octanol–water partition coefficient (Wildman–Crippen LogP) is 4.96. The van der Waals surface area contributed by atoms with Gasteiger partial charge in [0, 0.05) is 46.8 Å². The molecule has 0 unspecified atom stereocenters. The van der Waals surface area contributed by atoms with Crippen LogP contribution in [-0.2, 0) is 6.54 Å². The molecule has 0 bridgehead atoms. The van der Waals surface area contributed by atoms with Gasteiger partial charge >= 0.3 is 0 Å². The Labute approximate surface area is 174 Å². The minimum absolute atomic E-state index is 0.312. The van der Waals surface area contributed by atoms with Crippen LogP contribution in [0.1, 0.15) is 5.69 Å². The van der Waals surface area contributed by atoms with E-state index >= 15 is 0 Å². The summed E-state index contributed by atoms with van der Waals surface area (Å²) in [5.41, 5.74) is 3.67. The lowest BCUT2D eigenvalue weighted by Crippen LogP contribution is -2.12. The third kappa shape index (κ3) is 4.05. The lowest BCUT2D eigenvalue weighted by Gasteiger charge is -2.11. The number of aryl methyl sites for hydroxylation is 1. The minimum Gasteiger partial charge on any atom is -0.496 e. The van der Waals surface area contributed by atoms with Crippen molar-refractivity contribution in [1.82, 2.24) is 14.5 Å². The molecule has 2 aromatic carbocycles. The van der Waals surface area contributed by atoms with E-state index in [2.05, 4.69) is 32.5 Å². The van der Waals surface area contributed by atoms with E-state index in [4.69, 9.17) is 4.74 Å². The number of nitrogens with zero attached hydrogens (tertiary/aromatic N) is 3. The fourth-order valence-electron chi connectivity index (χ4n) is 3.46. The van der Waals surface area contributed by atoms with Gasteiger partial charge in [-0.3, -0.25) is 0 Å². The van der Waals surface area contributed by atoms with Crippen LogP contribution < -0.4 is 10.1 Å². The number of benzene rings is 2. The molecule has 2 aromatic heterocycles. The maximum absolute atomic E-state index is 14.0. The summed E-state index contributed by atoms with van der Waals surface area (Å²) >= 11 is 4.38. The molecule has 4 aromatic rings. The second-order valence-electron chi connectivity index (χ2n) is 6.74. The van der Waals surface area contributed by atoms with Crippen molar-refractivity contribution in [2.24, 2.45) is 0 Å². The van der Waals surface area contributed by atoms with Crippen molar-refractivity contribution in [2.45, 2.75) is 18.4 Å². The molecule has 0 aliphatic rings. The average molecular weight is 409 g/mol. The summed E-state index contributed by atoms with van der Waals surface area (Å²) in [6.07, 6.45) is 1.54. The van der Waals surface area contributed by atoms with Crippen LogP contribution in [0.3, 0.4) is 0 Å². The van der Waals surface area contributed by atoms with E-state index < -0.39 is 0 Å². The fourth-order valence-corrected chi connectivity index (χ4v) is 3.69. The molecule has 29 heavy (non-hydrogen) atoms. The largest absolute Gasteiger partial charge is 0.496 e. The predicted molar refractivity (Wildman–Crippen MR) is 116 cm³/mol. The van der Waals surface area contributed by atoms with Crippen molar-refractivity contribution in [3.05, 3.63) is 66.4 Å². The highest BCUT2D eigenvalue weighted by Gasteiger charge is 2.12. The summed E-state index contributed by atoms with van der Waals surface area (Å²) in [4.78, 5) is 9.53. The van der Waals surface area contributed by atoms with E-state index in [1.54, 1.807) is 13.4 Å². The highest BCUT2D eigenvalue weighted by molar-refractivity contribution is 7.80. The molecule has 0 spiro atoms. The highest BCUT2D eigenvalue weighted by atomic mass is 32.1. The Kier molecular flexibility index (Phi) is 5.40. The third-order valence-electron chi connectivity index (χ3n) is 4.83. The zero-order chi connectivity index (χ0) is 20.4. The van der Waals surface area contributed by atoms with Gasteiger partial charge in [-0.25, -0.2) is 14.4 Å². The van der Waals surface area contributed by atoms with E-state index in [1.165, 1.54) is 12.1 Å². The molecule has 0 saturated carbocycles. The molecule has 5 nitrogen and oxygen atoms in total. The van der Waals surface area contributed by atoms with Gasteiger partial charge in [0.1, 0.15) is 23.7 Å². The number of anilines is 1. The van der Waals surface area contributed by atoms with Gasteiger partial charge in [0.2, 0.25) is 0 Å². The number of ether oxygens (including phenoxy) is 1. The number of hydrogen-bond donors (Lipinski definition) is 2. The number of fused-ring (bicyclic) bond motifs is 1. The van der Waals surface area contributed by atoms with Crippen molar-refractivity contribution >= 4 is 29.3 Å². The second kappa shape index (κ2) is 8.13. The Balaban J connectivity index is 1.52. The smallest absolute Gasteiger partial charge is 0.131 e. The standard InChI is InChI=1S/C22H21FN4OS/c1-14-8-18-20(10-16(23)11-21(18)28-2)27(14)7-6-24-22-12-19(25-13-26-22)15-4-3-5-17(29)9-15/h3-5,8-13,29H,6-7H2,1-2H3,(H,24,25,26). The molecule has 0 fully saturated rings. The van der Waals surface area contributed by atoms with E-state index in [1.807, 2.05) is 43.3 Å². The average Bonchev–Trinajstić information content (AvgIpc) is 3.03. The molecule has 0 aliphatic carbocycles. The summed E-state index contributed by atoms with van der Waals surface area (Å²) in [6, 6.07) is 14.7. The zero-order valence-corrected chi connectivity index (χ0v) is 17.1. The van der Waals surface area contributed by atoms with Gasteiger partial charge in [0.15, 0.2) is 0 Å². The van der Waals surface area contributed by atoms with Crippen LogP contribution in [-0.4, -0.2) is 28.2 Å². The van der Waals surface area contributed by atoms with Gasteiger partial charge < -0.3 is 14.6 Å². The number of thiol groups is 1. The van der Waals surface area contributed by atoms with Crippen molar-refractivity contribution in [1.29, 1.82) is 0 Å². The Bertz CT molecular complexity index is 1170. The molecule has 0 radical (unpaired) electrons. The first-order valence-corrected chi connectivity index (χ1v) is 9.68. The number of nitrogens with one attached hydrogen (secondary N) is 1. The SMILES string of the molecule is COc1cc(F)cc2c1cc(C)n2CCNc1cc(-c2cccc(S)c2)ncn1. The van der Waals surface area contributed by atoms with Gasteiger partial charge in [0.05, 0.1) is 18.3 Å². The first kappa shape index (κ1) is 19.3. The monoisotopic (exact) mass is 408 g/mol. The lowest BCUT2D eigenvalue weighted by atomic mass is 10.1. The molecule has 4 rings (SSSR count). The van der Waals surface area contributed by atoms with Gasteiger partial charge in [-0.05, 0) is 31.2 Å². The van der Waals surface area contributed by atoms with Crippen molar-refractivity contribution in [2.75, 3.05) is 19.0 Å². The Morgan fingerprint density at radius 3 is 2.79 bits per heavy atom. The van der Waals surface area contributed by atoms with E-state index in [0.717, 1.165) is 38.6 Å². The quantitative estimate of drug-likeness (QED) is 0.443. The number of rotatable bonds is 6. The fraction of sp³-hybridized carbons (Fsp3) is 0.182. The van der Waals surface area contributed by atoms with Crippen LogP contribution in [0, 0.1) is 12.7 Å². The van der Waals surface area contributed by atoms with Gasteiger partial charge in [-0.2, -0.15) is 0 Å². The lowest BCUT2D eigenvalue weighted by molar-refractivity contribution is 0.416. The van der Waals surface area contributed by atoms with Crippen LogP contribution in [0.2, 0.25) is 0 Å². The number of halogens is 1. The van der Waals surface area contributed by atoms with Gasteiger partial charge in [0.25, 0.3) is 0 Å². The summed E-state index contributed by atoms with van der Waals surface area (Å²) in [5, 5.41) is 4.23. The van der Waals surface area contributed by atoms with Crippen LogP contribution >= 0.6 is 12.6 Å². The number of aromatic nitrogens is 3. The number of hydrogen-bond acceptors (Lipinski definition) is 5. The molecule has 0 aliphatic heterocycles. The summed E-state index contributed by atoms with van der Waals surface area (Å²) in [6.45, 7) is 3.30. The first-order valence-electron chi connectivity index (χ1n) is 9.24. The molecule has 0 saturated heterocycles. The Morgan fingerprint density at radius 2 is 2.00 bits per heavy atom. The Morgan fingerprint density at radius 1 is 1.14 bits per heavy atom. The molecule has 148 valence electrons. The molecular formula is C22H21FN4OS. The molecule has 2 heterocycles. The summed E-state index contributed by atoms with van der Waals surface area (Å²) in [7, 11) is 1.55. The third-order valence-corrected chi connectivity index (χ3v) is 5.10. The van der Waals surface area contributed by atoms with Gasteiger partial charge in [-0.1, -0.05) is 12.1 Å². The van der Waals surface area contributed by atoms with Crippen molar-refractivity contribution in [3.8, 4) is 17.0 Å². The number of methoxy groups -OCH3 is 1. The molecular weight excluding hydrogens is 387 g/mol. The zero-order valence-electron chi connectivity index (χ0n) is 16.2. The van der Waals surface area contributed by atoms with E-state index in [0.29, 0.717) is 18.8 Å². The molecule has 0 amide bonds. The van der Waals surface area contributed by atoms with Crippen LogP contribution in [0.25, 0.3) is 22.2 Å². The maximum atomic E-state index is 14.0. The van der Waals surface area contributed by atoms with E-state index in [-0.39, 0.29) is 5.82 Å². The van der Waals surface area contributed by atoms with Crippen LogP contribution in [0.4, 0.5) is 10.2 Å². The molecule has 7 heteroatoms. The second-order valence-corrected chi connectivity index (χ2v) is 7.26. The minimum atomic E-state index is -0.312. The van der Waals surface area contributed by atoms with Crippen LogP contribution in [0.15, 0.2) is 59.8 Å². The molecule has 0 atom stereocenters. The van der Waals surface area contributed by atoms with Crippen LogP contribution in [0.5, 0.6) is 5.75 Å². The van der Waals surface area contributed by atoms with Crippen molar-refractivity contribution in [3.63, 3.8) is 0 Å². The Hall–Kier alpha value is -3.06.